The van der Waals surface area contributed by atoms with Gasteiger partial charge in [-0.25, -0.2) is 9.97 Å². The average molecular weight is 447 g/mol. The highest BCUT2D eigenvalue weighted by Crippen LogP contribution is 2.44. The zero-order valence-corrected chi connectivity index (χ0v) is 19.0. The maximum atomic E-state index is 12.2. The summed E-state index contributed by atoms with van der Waals surface area (Å²) >= 11 is 0. The van der Waals surface area contributed by atoms with E-state index in [0.717, 1.165) is 42.2 Å². The molecule has 2 aromatic rings. The molecule has 2 fully saturated rings. The van der Waals surface area contributed by atoms with Crippen LogP contribution in [-0.4, -0.2) is 52.7 Å². The van der Waals surface area contributed by atoms with Crippen LogP contribution < -0.4 is 20.3 Å². The Morgan fingerprint density at radius 1 is 1.12 bits per heavy atom. The fourth-order valence-corrected chi connectivity index (χ4v) is 5.09. The molecule has 0 spiro atoms. The van der Waals surface area contributed by atoms with Crippen molar-refractivity contribution in [3.05, 3.63) is 30.6 Å². The van der Waals surface area contributed by atoms with Gasteiger partial charge < -0.3 is 25.2 Å². The molecule has 1 aliphatic carbocycles. The SMILES string of the molecule is CC#CC(=O)N1CCC(N2CN(c3ccc(OC4CCCCC4)cc3)c3c(N)ncnc32)C1. The Labute approximate surface area is 194 Å². The fraction of sp³-hybridized carbons (Fsp3) is 0.480. The van der Waals surface area contributed by atoms with Crippen LogP contribution in [-0.2, 0) is 4.79 Å². The molecule has 2 N–H and O–H groups in total. The number of aromatic nitrogens is 2. The molecule has 8 heteroatoms. The molecule has 2 aliphatic heterocycles. The second-order valence-corrected chi connectivity index (χ2v) is 8.91. The van der Waals surface area contributed by atoms with Crippen molar-refractivity contribution in [1.29, 1.82) is 0 Å². The predicted octanol–water partition coefficient (Wildman–Crippen LogP) is 3.31. The number of hydrogen-bond donors (Lipinski definition) is 1. The highest BCUT2D eigenvalue weighted by Gasteiger charge is 2.38. The van der Waals surface area contributed by atoms with Gasteiger partial charge in [-0.2, -0.15) is 0 Å². The molecule has 3 aliphatic rings. The standard InChI is InChI=1S/C25H30N6O2/c1-2-6-22(32)29-14-13-19(15-29)31-17-30(23-24(26)27-16-28-25(23)31)18-9-11-21(12-10-18)33-20-7-4-3-5-8-20/h9-12,16,19-20H,3-5,7-8,13-15,17H2,1H3,(H2,26,27,28). The first-order valence-electron chi connectivity index (χ1n) is 11.8. The summed E-state index contributed by atoms with van der Waals surface area (Å²) in [5.74, 6) is 7.39. The fourth-order valence-electron chi connectivity index (χ4n) is 5.09. The molecule has 1 saturated carbocycles. The number of benzene rings is 1. The zero-order chi connectivity index (χ0) is 22.8. The van der Waals surface area contributed by atoms with E-state index in [1.807, 2.05) is 17.0 Å². The summed E-state index contributed by atoms with van der Waals surface area (Å²) in [6.07, 6.45) is 8.77. The monoisotopic (exact) mass is 446 g/mol. The van der Waals surface area contributed by atoms with Gasteiger partial charge in [0.2, 0.25) is 0 Å². The van der Waals surface area contributed by atoms with E-state index in [9.17, 15) is 4.79 Å². The third-order valence-electron chi connectivity index (χ3n) is 6.79. The maximum Gasteiger partial charge on any atom is 0.298 e. The highest BCUT2D eigenvalue weighted by atomic mass is 16.5. The molecule has 1 aromatic heterocycles. The number of amides is 1. The maximum absolute atomic E-state index is 12.2. The van der Waals surface area contributed by atoms with Crippen molar-refractivity contribution in [3.63, 3.8) is 0 Å². The minimum Gasteiger partial charge on any atom is -0.490 e. The number of fused-ring (bicyclic) bond motifs is 1. The number of carbonyl (C=O) groups excluding carboxylic acids is 1. The number of hydrogen-bond acceptors (Lipinski definition) is 7. The van der Waals surface area contributed by atoms with Gasteiger partial charge >= 0.3 is 0 Å². The van der Waals surface area contributed by atoms with Gasteiger partial charge in [0, 0.05) is 18.8 Å². The number of nitrogens with zero attached hydrogens (tertiary/aromatic N) is 5. The molecule has 1 saturated heterocycles. The minimum atomic E-state index is -0.118. The summed E-state index contributed by atoms with van der Waals surface area (Å²) in [6.45, 7) is 3.61. The quantitative estimate of drug-likeness (QED) is 0.721. The number of likely N-dealkylation sites (tertiary alicyclic amines) is 1. The van der Waals surface area contributed by atoms with E-state index in [1.165, 1.54) is 25.6 Å². The Bertz CT molecular complexity index is 1070. The lowest BCUT2D eigenvalue weighted by atomic mass is 9.98. The lowest BCUT2D eigenvalue weighted by Crippen LogP contribution is -2.40. The Morgan fingerprint density at radius 2 is 1.91 bits per heavy atom. The largest absolute Gasteiger partial charge is 0.490 e. The van der Waals surface area contributed by atoms with E-state index in [2.05, 4.69) is 43.7 Å². The number of nitrogens with two attached hydrogens (primary N) is 1. The van der Waals surface area contributed by atoms with E-state index in [4.69, 9.17) is 10.5 Å². The summed E-state index contributed by atoms with van der Waals surface area (Å²) in [7, 11) is 0. The number of rotatable bonds is 4. The molecular weight excluding hydrogens is 416 g/mol. The second kappa shape index (κ2) is 9.18. The summed E-state index contributed by atoms with van der Waals surface area (Å²) in [5, 5.41) is 0. The Morgan fingerprint density at radius 3 is 2.67 bits per heavy atom. The van der Waals surface area contributed by atoms with Crippen LogP contribution in [0.2, 0.25) is 0 Å². The normalized spacial score (nSPS) is 20.4. The van der Waals surface area contributed by atoms with Crippen LogP contribution in [0.3, 0.4) is 0 Å². The van der Waals surface area contributed by atoms with Gasteiger partial charge in [-0.05, 0) is 69.2 Å². The van der Waals surface area contributed by atoms with Gasteiger partial charge in [0.1, 0.15) is 17.8 Å². The Balaban J connectivity index is 1.35. The molecule has 0 radical (unpaired) electrons. The number of nitrogen functional groups attached to an aromatic ring is 1. The lowest BCUT2D eigenvalue weighted by molar-refractivity contribution is -0.124. The predicted molar refractivity (Wildman–Crippen MR) is 128 cm³/mol. The van der Waals surface area contributed by atoms with E-state index < -0.39 is 0 Å². The van der Waals surface area contributed by atoms with Crippen molar-refractivity contribution >= 4 is 28.9 Å². The highest BCUT2D eigenvalue weighted by molar-refractivity contribution is 5.94. The topological polar surface area (TPSA) is 87.8 Å². The molecule has 1 unspecified atom stereocenters. The van der Waals surface area contributed by atoms with Crippen LogP contribution in [0.1, 0.15) is 45.4 Å². The molecule has 1 amide bonds. The first-order chi connectivity index (χ1) is 16.1. The van der Waals surface area contributed by atoms with Crippen LogP contribution in [0.5, 0.6) is 5.75 Å². The summed E-state index contributed by atoms with van der Waals surface area (Å²) in [5.41, 5.74) is 8.13. The Hall–Kier alpha value is -3.47. The number of carbonyl (C=O) groups is 1. The summed E-state index contributed by atoms with van der Waals surface area (Å²) in [4.78, 5) is 27.2. The van der Waals surface area contributed by atoms with Gasteiger partial charge in [-0.1, -0.05) is 12.3 Å². The third kappa shape index (κ3) is 4.28. The molecule has 172 valence electrons. The van der Waals surface area contributed by atoms with Crippen molar-refractivity contribution in [3.8, 4) is 17.6 Å². The van der Waals surface area contributed by atoms with Crippen LogP contribution in [0.4, 0.5) is 23.0 Å². The molecule has 0 bridgehead atoms. The van der Waals surface area contributed by atoms with E-state index in [0.29, 0.717) is 31.7 Å². The molecule has 8 nitrogen and oxygen atoms in total. The average Bonchev–Trinajstić information content (AvgIpc) is 3.47. The van der Waals surface area contributed by atoms with E-state index >= 15 is 0 Å². The van der Waals surface area contributed by atoms with E-state index in [-0.39, 0.29) is 11.9 Å². The van der Waals surface area contributed by atoms with Crippen LogP contribution in [0.15, 0.2) is 30.6 Å². The van der Waals surface area contributed by atoms with Crippen molar-refractivity contribution < 1.29 is 9.53 Å². The number of ether oxygens (including phenoxy) is 1. The van der Waals surface area contributed by atoms with Crippen LogP contribution in [0, 0.1) is 11.8 Å². The molecular formula is C25H30N6O2. The smallest absolute Gasteiger partial charge is 0.298 e. The second-order valence-electron chi connectivity index (χ2n) is 8.91. The molecule has 1 atom stereocenters. The van der Waals surface area contributed by atoms with Gasteiger partial charge in [0.15, 0.2) is 11.6 Å². The summed E-state index contributed by atoms with van der Waals surface area (Å²) in [6, 6.07) is 8.36. The number of anilines is 4. The molecule has 33 heavy (non-hydrogen) atoms. The first kappa shape index (κ1) is 21.4. The summed E-state index contributed by atoms with van der Waals surface area (Å²) < 4.78 is 6.20. The van der Waals surface area contributed by atoms with Gasteiger partial charge in [0.05, 0.1) is 18.8 Å². The van der Waals surface area contributed by atoms with Gasteiger partial charge in [0.25, 0.3) is 5.91 Å². The van der Waals surface area contributed by atoms with Crippen LogP contribution in [0.25, 0.3) is 0 Å². The lowest BCUT2D eigenvalue weighted by Gasteiger charge is -2.27. The van der Waals surface area contributed by atoms with Gasteiger partial charge in [-0.15, -0.1) is 0 Å². The Kier molecular flexibility index (Phi) is 5.95. The molecule has 5 rings (SSSR count). The van der Waals surface area contributed by atoms with Crippen molar-refractivity contribution in [2.75, 3.05) is 35.3 Å². The van der Waals surface area contributed by atoms with Crippen molar-refractivity contribution in [2.45, 2.75) is 57.6 Å². The molecule has 1 aromatic carbocycles. The molecule has 3 heterocycles. The van der Waals surface area contributed by atoms with Crippen molar-refractivity contribution in [1.82, 2.24) is 14.9 Å². The third-order valence-corrected chi connectivity index (χ3v) is 6.79. The van der Waals surface area contributed by atoms with Gasteiger partial charge in [-0.3, -0.25) is 4.79 Å². The first-order valence-corrected chi connectivity index (χ1v) is 11.8. The van der Waals surface area contributed by atoms with Crippen molar-refractivity contribution in [2.24, 2.45) is 0 Å². The minimum absolute atomic E-state index is 0.118. The van der Waals surface area contributed by atoms with E-state index in [1.54, 1.807) is 6.92 Å². The van der Waals surface area contributed by atoms with Crippen LogP contribution >= 0.6 is 0 Å². The zero-order valence-electron chi connectivity index (χ0n) is 19.0.